The summed E-state index contributed by atoms with van der Waals surface area (Å²) in [7, 11) is -3.90. The standard InChI is InChI=1S/C26H23N3O2S/c1-19-12-14-22(15-13-19)32(30,31)29-24-18-26(20-8-4-2-5-9-20,21-10-6-3-7-11-21)17-16-23(24)25(27)28-29/h2-17H,18H2,1H3,(H2,27,28). The zero-order chi connectivity index (χ0) is 22.3. The normalized spacial score (nSPS) is 14.8. The first-order valence-electron chi connectivity index (χ1n) is 10.4. The lowest BCUT2D eigenvalue weighted by atomic mass is 9.68. The molecule has 0 bridgehead atoms. The maximum absolute atomic E-state index is 13.5. The minimum atomic E-state index is -3.90. The van der Waals surface area contributed by atoms with E-state index < -0.39 is 15.4 Å². The van der Waals surface area contributed by atoms with Crippen LogP contribution in [0, 0.1) is 6.92 Å². The Morgan fingerprint density at radius 2 is 1.44 bits per heavy atom. The monoisotopic (exact) mass is 441 g/mol. The number of aryl methyl sites for hydroxylation is 1. The number of hydrogen-bond donors (Lipinski definition) is 1. The van der Waals surface area contributed by atoms with Crippen molar-refractivity contribution >= 4 is 21.9 Å². The number of aromatic nitrogens is 2. The molecule has 1 aliphatic rings. The molecule has 5 nitrogen and oxygen atoms in total. The number of nitrogens with two attached hydrogens (primary N) is 1. The van der Waals surface area contributed by atoms with Gasteiger partial charge in [0.2, 0.25) is 0 Å². The van der Waals surface area contributed by atoms with Crippen molar-refractivity contribution in [2.75, 3.05) is 5.73 Å². The van der Waals surface area contributed by atoms with Crippen LogP contribution in [0.1, 0.15) is 27.9 Å². The van der Waals surface area contributed by atoms with Gasteiger partial charge in [-0.3, -0.25) is 0 Å². The molecule has 32 heavy (non-hydrogen) atoms. The van der Waals surface area contributed by atoms with Crippen molar-refractivity contribution in [2.45, 2.75) is 23.7 Å². The minimum Gasteiger partial charge on any atom is -0.382 e. The molecule has 0 spiro atoms. The van der Waals surface area contributed by atoms with Crippen LogP contribution in [0.5, 0.6) is 0 Å². The lowest BCUT2D eigenvalue weighted by Crippen LogP contribution is -2.32. The van der Waals surface area contributed by atoms with E-state index in [9.17, 15) is 8.42 Å². The Balaban J connectivity index is 1.71. The summed E-state index contributed by atoms with van der Waals surface area (Å²) in [5.41, 5.74) is 10.0. The number of rotatable bonds is 4. The Kier molecular flexibility index (Phi) is 4.75. The third-order valence-electron chi connectivity index (χ3n) is 6.12. The summed E-state index contributed by atoms with van der Waals surface area (Å²) in [5.74, 6) is 0.210. The van der Waals surface area contributed by atoms with E-state index in [1.54, 1.807) is 24.3 Å². The second-order valence-corrected chi connectivity index (χ2v) is 9.89. The maximum Gasteiger partial charge on any atom is 0.283 e. The molecule has 160 valence electrons. The number of nitrogen functional groups attached to an aromatic ring is 1. The molecular weight excluding hydrogens is 418 g/mol. The van der Waals surface area contributed by atoms with Crippen LogP contribution < -0.4 is 5.73 Å². The van der Waals surface area contributed by atoms with Gasteiger partial charge in [0.05, 0.1) is 10.6 Å². The third-order valence-corrected chi connectivity index (χ3v) is 7.75. The third kappa shape index (κ3) is 3.15. The maximum atomic E-state index is 13.5. The van der Waals surface area contributed by atoms with E-state index in [1.807, 2.05) is 49.4 Å². The Bertz CT molecular complexity index is 1370. The molecule has 1 aromatic heterocycles. The average Bonchev–Trinajstić information content (AvgIpc) is 3.17. The Labute approximate surface area is 187 Å². The van der Waals surface area contributed by atoms with Crippen LogP contribution in [0.25, 0.3) is 6.08 Å². The molecule has 0 atom stereocenters. The average molecular weight is 442 g/mol. The number of fused-ring (bicyclic) bond motifs is 1. The van der Waals surface area contributed by atoms with Gasteiger partial charge >= 0.3 is 0 Å². The van der Waals surface area contributed by atoms with E-state index in [0.29, 0.717) is 17.7 Å². The molecule has 3 aromatic carbocycles. The first kappa shape index (κ1) is 20.3. The van der Waals surface area contributed by atoms with Crippen LogP contribution in [-0.4, -0.2) is 17.6 Å². The molecule has 4 aromatic rings. The second-order valence-electron chi connectivity index (χ2n) is 8.12. The molecule has 6 heteroatoms. The van der Waals surface area contributed by atoms with Gasteiger partial charge < -0.3 is 5.73 Å². The highest BCUT2D eigenvalue weighted by Crippen LogP contribution is 2.43. The molecule has 0 saturated carbocycles. The molecule has 5 rings (SSSR count). The number of nitrogens with zero attached hydrogens (tertiary/aromatic N) is 2. The fourth-order valence-corrected chi connectivity index (χ4v) is 5.73. The molecular formula is C26H23N3O2S. The van der Waals surface area contributed by atoms with Crippen molar-refractivity contribution in [1.82, 2.24) is 9.19 Å². The largest absolute Gasteiger partial charge is 0.382 e. The Hall–Kier alpha value is -3.64. The summed E-state index contributed by atoms with van der Waals surface area (Å²) in [4.78, 5) is 0.188. The Morgan fingerprint density at radius 1 is 0.875 bits per heavy atom. The predicted molar refractivity (Wildman–Crippen MR) is 127 cm³/mol. The molecule has 0 amide bonds. The summed E-state index contributed by atoms with van der Waals surface area (Å²) in [6, 6.07) is 27.0. The van der Waals surface area contributed by atoms with E-state index in [0.717, 1.165) is 20.8 Å². The summed E-state index contributed by atoms with van der Waals surface area (Å²) < 4.78 is 28.2. The molecule has 0 saturated heterocycles. The van der Waals surface area contributed by atoms with Gasteiger partial charge in [-0.25, -0.2) is 0 Å². The first-order valence-corrected chi connectivity index (χ1v) is 11.9. The topological polar surface area (TPSA) is 78.0 Å². The van der Waals surface area contributed by atoms with Crippen LogP contribution >= 0.6 is 0 Å². The van der Waals surface area contributed by atoms with Gasteiger partial charge in [-0.2, -0.15) is 12.5 Å². The quantitative estimate of drug-likeness (QED) is 0.503. The lowest BCUT2D eigenvalue weighted by molar-refractivity contribution is 0.565. The van der Waals surface area contributed by atoms with E-state index in [1.165, 1.54) is 0 Å². The molecule has 1 heterocycles. The van der Waals surface area contributed by atoms with E-state index >= 15 is 0 Å². The summed E-state index contributed by atoms with van der Waals surface area (Å²) in [6.07, 6.45) is 4.44. The number of hydrogen-bond acceptors (Lipinski definition) is 4. The van der Waals surface area contributed by atoms with Crippen molar-refractivity contribution in [3.8, 4) is 0 Å². The van der Waals surface area contributed by atoms with Crippen LogP contribution in [0.4, 0.5) is 5.82 Å². The highest BCUT2D eigenvalue weighted by molar-refractivity contribution is 7.89. The zero-order valence-corrected chi connectivity index (χ0v) is 18.5. The van der Waals surface area contributed by atoms with Crippen molar-refractivity contribution in [3.63, 3.8) is 0 Å². The Morgan fingerprint density at radius 3 is 2.00 bits per heavy atom. The van der Waals surface area contributed by atoms with Crippen LogP contribution in [0.2, 0.25) is 0 Å². The van der Waals surface area contributed by atoms with Gasteiger partial charge in [-0.15, -0.1) is 5.10 Å². The number of allylic oxidation sites excluding steroid dienone is 1. The molecule has 0 unspecified atom stereocenters. The van der Waals surface area contributed by atoms with Crippen molar-refractivity contribution < 1.29 is 8.42 Å². The van der Waals surface area contributed by atoms with Crippen LogP contribution in [0.15, 0.2) is 95.9 Å². The van der Waals surface area contributed by atoms with E-state index in [2.05, 4.69) is 35.4 Å². The molecule has 0 aliphatic heterocycles. The van der Waals surface area contributed by atoms with Crippen LogP contribution in [-0.2, 0) is 21.9 Å². The van der Waals surface area contributed by atoms with Gasteiger partial charge in [0.25, 0.3) is 10.0 Å². The summed E-state index contributed by atoms with van der Waals surface area (Å²) in [6.45, 7) is 1.92. The highest BCUT2D eigenvalue weighted by atomic mass is 32.2. The second kappa shape index (κ2) is 7.50. The molecule has 2 N–H and O–H groups in total. The van der Waals surface area contributed by atoms with Gasteiger partial charge in [0.15, 0.2) is 5.82 Å². The number of benzene rings is 3. The van der Waals surface area contributed by atoms with Crippen molar-refractivity contribution in [3.05, 3.63) is 119 Å². The van der Waals surface area contributed by atoms with Gasteiger partial charge in [-0.05, 0) is 30.2 Å². The highest BCUT2D eigenvalue weighted by Gasteiger charge is 2.39. The minimum absolute atomic E-state index is 0.188. The van der Waals surface area contributed by atoms with E-state index in [-0.39, 0.29) is 10.7 Å². The smallest absolute Gasteiger partial charge is 0.283 e. The summed E-state index contributed by atoms with van der Waals surface area (Å²) >= 11 is 0. The predicted octanol–water partition coefficient (Wildman–Crippen LogP) is 4.57. The lowest BCUT2D eigenvalue weighted by Gasteiger charge is -2.35. The van der Waals surface area contributed by atoms with Crippen LogP contribution in [0.3, 0.4) is 0 Å². The SMILES string of the molecule is Cc1ccc(S(=O)(=O)n2nc(N)c3c2CC(c2ccccc2)(c2ccccc2)C=C3)cc1. The van der Waals surface area contributed by atoms with E-state index in [4.69, 9.17) is 5.73 Å². The van der Waals surface area contributed by atoms with Gasteiger partial charge in [-0.1, -0.05) is 90.5 Å². The molecule has 1 aliphatic carbocycles. The molecule has 0 radical (unpaired) electrons. The van der Waals surface area contributed by atoms with Crippen molar-refractivity contribution in [2.24, 2.45) is 0 Å². The fourth-order valence-electron chi connectivity index (χ4n) is 4.40. The van der Waals surface area contributed by atoms with Gasteiger partial charge in [0.1, 0.15) is 0 Å². The first-order chi connectivity index (χ1) is 15.4. The fraction of sp³-hybridized carbons (Fsp3) is 0.115. The zero-order valence-electron chi connectivity index (χ0n) is 17.6. The van der Waals surface area contributed by atoms with Crippen molar-refractivity contribution in [1.29, 1.82) is 0 Å². The van der Waals surface area contributed by atoms with Gasteiger partial charge in [0, 0.05) is 17.4 Å². The number of anilines is 1. The summed E-state index contributed by atoms with van der Waals surface area (Å²) in [5, 5.41) is 4.27. The molecule has 0 fully saturated rings.